The number of nitrogens with zero attached hydrogens (tertiary/aromatic N) is 3. The van der Waals surface area contributed by atoms with Crippen LogP contribution in [0.3, 0.4) is 0 Å². The average Bonchev–Trinajstić information content (AvgIpc) is 2.78. The van der Waals surface area contributed by atoms with Crippen molar-refractivity contribution in [2.24, 2.45) is 0 Å². The number of nitrogens with one attached hydrogen (secondary N) is 1. The highest BCUT2D eigenvalue weighted by molar-refractivity contribution is 6.30. The standard InChI is InChI=1S/C25H24ClFN4O2/c1-25(2,3)31(24(32)33)21(17-12-8-5-9-13-17)20(16-10-6-4-7-11-16)29-23-19(27)14-18(15-28)22(26)30-23/h4-14,20-21H,1-3H3,(H,29,30)(H,32,33). The van der Waals surface area contributed by atoms with Gasteiger partial charge in [-0.05, 0) is 38.0 Å². The Balaban J connectivity index is 2.23. The van der Waals surface area contributed by atoms with Crippen molar-refractivity contribution in [1.29, 1.82) is 5.26 Å². The molecule has 1 heterocycles. The number of anilines is 1. The lowest BCUT2D eigenvalue weighted by Crippen LogP contribution is -2.50. The van der Waals surface area contributed by atoms with Gasteiger partial charge >= 0.3 is 6.09 Å². The summed E-state index contributed by atoms with van der Waals surface area (Å²) in [4.78, 5) is 17.9. The van der Waals surface area contributed by atoms with Gasteiger partial charge in [-0.3, -0.25) is 4.90 Å². The van der Waals surface area contributed by atoms with Gasteiger partial charge in [0.25, 0.3) is 0 Å². The predicted molar refractivity (Wildman–Crippen MR) is 126 cm³/mol. The minimum absolute atomic E-state index is 0.0857. The number of amides is 1. The molecule has 170 valence electrons. The van der Waals surface area contributed by atoms with Crippen LogP contribution in [0.1, 0.15) is 49.5 Å². The van der Waals surface area contributed by atoms with Gasteiger partial charge in [0, 0.05) is 5.54 Å². The van der Waals surface area contributed by atoms with Crippen molar-refractivity contribution in [3.05, 3.63) is 94.4 Å². The van der Waals surface area contributed by atoms with Crippen LogP contribution in [-0.2, 0) is 0 Å². The topological polar surface area (TPSA) is 89.2 Å². The zero-order chi connectivity index (χ0) is 24.2. The second kappa shape index (κ2) is 9.88. The first-order valence-electron chi connectivity index (χ1n) is 10.3. The summed E-state index contributed by atoms with van der Waals surface area (Å²) in [6.45, 7) is 5.41. The Hall–Kier alpha value is -3.63. The van der Waals surface area contributed by atoms with E-state index >= 15 is 0 Å². The third-order valence-corrected chi connectivity index (χ3v) is 5.45. The first-order valence-corrected chi connectivity index (χ1v) is 10.7. The third kappa shape index (κ3) is 5.41. The van der Waals surface area contributed by atoms with E-state index in [0.717, 1.165) is 17.2 Å². The lowest BCUT2D eigenvalue weighted by atomic mass is 9.89. The summed E-state index contributed by atoms with van der Waals surface area (Å²) in [5.41, 5.74) is 0.576. The van der Waals surface area contributed by atoms with E-state index in [9.17, 15) is 14.3 Å². The summed E-state index contributed by atoms with van der Waals surface area (Å²) in [7, 11) is 0. The van der Waals surface area contributed by atoms with Gasteiger partial charge in [0.2, 0.25) is 0 Å². The highest BCUT2D eigenvalue weighted by atomic mass is 35.5. The van der Waals surface area contributed by atoms with E-state index in [1.165, 1.54) is 4.90 Å². The molecule has 3 rings (SSSR count). The average molecular weight is 467 g/mol. The number of nitriles is 1. The van der Waals surface area contributed by atoms with Crippen LogP contribution in [-0.4, -0.2) is 26.6 Å². The summed E-state index contributed by atoms with van der Waals surface area (Å²) in [6, 6.07) is 19.6. The Bertz CT molecular complexity index is 1160. The number of carboxylic acid groups (broad SMARTS) is 1. The highest BCUT2D eigenvalue weighted by Gasteiger charge is 2.40. The van der Waals surface area contributed by atoms with Gasteiger partial charge in [-0.1, -0.05) is 72.3 Å². The smallest absolute Gasteiger partial charge is 0.408 e. The largest absolute Gasteiger partial charge is 0.465 e. The van der Waals surface area contributed by atoms with Crippen molar-refractivity contribution in [1.82, 2.24) is 9.88 Å². The van der Waals surface area contributed by atoms with Gasteiger partial charge in [-0.2, -0.15) is 5.26 Å². The first-order chi connectivity index (χ1) is 15.6. The molecular formula is C25H24ClFN4O2. The number of aromatic nitrogens is 1. The van der Waals surface area contributed by atoms with E-state index in [1.54, 1.807) is 26.8 Å². The van der Waals surface area contributed by atoms with Crippen LogP contribution in [0, 0.1) is 17.1 Å². The second-order valence-corrected chi connectivity index (χ2v) is 8.84. The summed E-state index contributed by atoms with van der Waals surface area (Å²) in [6.07, 6.45) is -1.12. The number of hydrogen-bond acceptors (Lipinski definition) is 4. The summed E-state index contributed by atoms with van der Waals surface area (Å²) in [5, 5.41) is 22.3. The van der Waals surface area contributed by atoms with Gasteiger partial charge in [0.1, 0.15) is 11.2 Å². The van der Waals surface area contributed by atoms with E-state index in [2.05, 4.69) is 10.3 Å². The van der Waals surface area contributed by atoms with Crippen molar-refractivity contribution in [3.8, 4) is 6.07 Å². The quantitative estimate of drug-likeness (QED) is 0.409. The third-order valence-electron chi connectivity index (χ3n) is 5.16. The fourth-order valence-electron chi connectivity index (χ4n) is 3.76. The van der Waals surface area contributed by atoms with Gasteiger partial charge in [0.05, 0.1) is 17.6 Å². The Morgan fingerprint density at radius 3 is 2.15 bits per heavy atom. The Morgan fingerprint density at radius 1 is 1.12 bits per heavy atom. The molecule has 0 saturated carbocycles. The molecule has 8 heteroatoms. The number of hydrogen-bond donors (Lipinski definition) is 2. The molecule has 33 heavy (non-hydrogen) atoms. The molecule has 0 radical (unpaired) electrons. The Labute approximate surface area is 197 Å². The number of carbonyl (C=O) groups is 1. The fraction of sp³-hybridized carbons (Fsp3) is 0.240. The maximum Gasteiger partial charge on any atom is 0.408 e. The van der Waals surface area contributed by atoms with Crippen molar-refractivity contribution >= 4 is 23.5 Å². The molecule has 0 aliphatic rings. The second-order valence-electron chi connectivity index (χ2n) is 8.48. The van der Waals surface area contributed by atoms with Crippen molar-refractivity contribution < 1.29 is 14.3 Å². The van der Waals surface area contributed by atoms with E-state index < -0.39 is 29.5 Å². The highest BCUT2D eigenvalue weighted by Crippen LogP contribution is 2.40. The van der Waals surface area contributed by atoms with Crippen molar-refractivity contribution in [2.45, 2.75) is 38.4 Å². The molecule has 0 spiro atoms. The van der Waals surface area contributed by atoms with E-state index in [4.69, 9.17) is 16.9 Å². The maximum absolute atomic E-state index is 14.9. The monoisotopic (exact) mass is 466 g/mol. The van der Waals surface area contributed by atoms with Crippen molar-refractivity contribution in [3.63, 3.8) is 0 Å². The molecule has 0 saturated heterocycles. The Morgan fingerprint density at radius 2 is 1.67 bits per heavy atom. The number of pyridine rings is 1. The van der Waals surface area contributed by atoms with Crippen LogP contribution >= 0.6 is 11.6 Å². The minimum atomic E-state index is -1.12. The Kier molecular flexibility index (Phi) is 7.19. The van der Waals surface area contributed by atoms with Crippen LogP contribution in [0.4, 0.5) is 15.0 Å². The van der Waals surface area contributed by atoms with Crippen LogP contribution in [0.25, 0.3) is 0 Å². The lowest BCUT2D eigenvalue weighted by Gasteiger charge is -2.43. The van der Waals surface area contributed by atoms with E-state index in [-0.39, 0.29) is 16.5 Å². The zero-order valence-electron chi connectivity index (χ0n) is 18.5. The molecule has 1 aromatic heterocycles. The molecule has 3 aromatic rings. The summed E-state index contributed by atoms with van der Waals surface area (Å²) < 4.78 is 14.9. The van der Waals surface area contributed by atoms with Gasteiger partial charge in [0.15, 0.2) is 11.6 Å². The predicted octanol–water partition coefficient (Wildman–Crippen LogP) is 6.42. The summed E-state index contributed by atoms with van der Waals surface area (Å²) in [5.74, 6) is -0.936. The zero-order valence-corrected chi connectivity index (χ0v) is 19.2. The van der Waals surface area contributed by atoms with E-state index in [1.807, 2.05) is 60.7 Å². The molecule has 2 aromatic carbocycles. The van der Waals surface area contributed by atoms with Crippen molar-refractivity contribution in [2.75, 3.05) is 5.32 Å². The number of halogens is 2. The molecule has 2 atom stereocenters. The minimum Gasteiger partial charge on any atom is -0.465 e. The molecule has 1 amide bonds. The molecule has 0 aliphatic carbocycles. The summed E-state index contributed by atoms with van der Waals surface area (Å²) >= 11 is 6.07. The van der Waals surface area contributed by atoms with Crippen LogP contribution in [0.15, 0.2) is 66.7 Å². The van der Waals surface area contributed by atoms with Crippen LogP contribution in [0.5, 0.6) is 0 Å². The van der Waals surface area contributed by atoms with Gasteiger partial charge in [-0.15, -0.1) is 0 Å². The van der Waals surface area contributed by atoms with Crippen LogP contribution in [0.2, 0.25) is 5.15 Å². The number of benzene rings is 2. The van der Waals surface area contributed by atoms with E-state index in [0.29, 0.717) is 0 Å². The number of rotatable bonds is 6. The maximum atomic E-state index is 14.9. The molecule has 2 N–H and O–H groups in total. The SMILES string of the molecule is CC(C)(C)N(C(=O)O)C(c1ccccc1)C(Nc1nc(Cl)c(C#N)cc1F)c1ccccc1. The molecule has 2 unspecified atom stereocenters. The molecular weight excluding hydrogens is 443 g/mol. The molecule has 0 fully saturated rings. The lowest BCUT2D eigenvalue weighted by molar-refractivity contribution is 0.0627. The van der Waals surface area contributed by atoms with Crippen LogP contribution < -0.4 is 5.32 Å². The first kappa shape index (κ1) is 24.0. The molecule has 6 nitrogen and oxygen atoms in total. The molecule has 0 bridgehead atoms. The normalized spacial score (nSPS) is 13.0. The van der Waals surface area contributed by atoms with Gasteiger partial charge in [-0.25, -0.2) is 14.2 Å². The molecule has 0 aliphatic heterocycles. The fourth-order valence-corrected chi connectivity index (χ4v) is 3.94. The van der Waals surface area contributed by atoms with Gasteiger partial charge < -0.3 is 10.4 Å².